The number of hydrogen-bond acceptors (Lipinski definition) is 7. The summed E-state index contributed by atoms with van der Waals surface area (Å²) >= 11 is 0. The largest absolute Gasteiger partial charge is 0.497 e. The predicted molar refractivity (Wildman–Crippen MR) is 146 cm³/mol. The van der Waals surface area contributed by atoms with E-state index in [0.29, 0.717) is 30.7 Å². The van der Waals surface area contributed by atoms with Gasteiger partial charge in [-0.2, -0.15) is 0 Å². The van der Waals surface area contributed by atoms with Crippen LogP contribution in [0, 0.1) is 5.92 Å². The molecule has 2 aliphatic carbocycles. The van der Waals surface area contributed by atoms with E-state index in [0.717, 1.165) is 68.7 Å². The van der Waals surface area contributed by atoms with Gasteiger partial charge in [-0.25, -0.2) is 4.98 Å². The SMILES string of the molecule is CCOC(=O)CC(c1ccnc(O[C@H]2CC[C@H](Oc3cc(OC)ccc3C3CCNCC3)CC2)c1)C1CC1. The Bertz CT molecular complexity index is 1060. The summed E-state index contributed by atoms with van der Waals surface area (Å²) in [5.74, 6) is 3.60. The Morgan fingerprint density at radius 3 is 2.39 bits per heavy atom. The fraction of sp³-hybridized carbons (Fsp3) is 0.613. The molecule has 1 N–H and O–H groups in total. The summed E-state index contributed by atoms with van der Waals surface area (Å²) in [6, 6.07) is 10.4. The van der Waals surface area contributed by atoms with E-state index in [1.165, 1.54) is 18.4 Å². The summed E-state index contributed by atoms with van der Waals surface area (Å²) in [5.41, 5.74) is 2.44. The molecule has 1 unspecified atom stereocenters. The first kappa shape index (κ1) is 26.8. The van der Waals surface area contributed by atoms with Gasteiger partial charge < -0.3 is 24.3 Å². The molecule has 1 aromatic carbocycles. The zero-order valence-electron chi connectivity index (χ0n) is 22.8. The Labute approximate surface area is 226 Å². The molecule has 7 heteroatoms. The minimum atomic E-state index is -0.124. The van der Waals surface area contributed by atoms with Crippen LogP contribution < -0.4 is 19.5 Å². The van der Waals surface area contributed by atoms with Crippen molar-refractivity contribution in [1.29, 1.82) is 0 Å². The lowest BCUT2D eigenvalue weighted by Crippen LogP contribution is -2.31. The second-order valence-electron chi connectivity index (χ2n) is 10.9. The topological polar surface area (TPSA) is 78.9 Å². The molecule has 3 aliphatic rings. The third-order valence-electron chi connectivity index (χ3n) is 8.27. The molecule has 2 aromatic rings. The predicted octanol–water partition coefficient (Wildman–Crippen LogP) is 5.77. The van der Waals surface area contributed by atoms with Gasteiger partial charge >= 0.3 is 5.97 Å². The zero-order chi connectivity index (χ0) is 26.3. The van der Waals surface area contributed by atoms with Gasteiger partial charge in [-0.05, 0) is 112 Å². The number of esters is 1. The van der Waals surface area contributed by atoms with Crippen molar-refractivity contribution in [1.82, 2.24) is 10.3 Å². The molecule has 0 spiro atoms. The number of pyridine rings is 1. The van der Waals surface area contributed by atoms with E-state index in [9.17, 15) is 4.79 Å². The molecule has 1 aromatic heterocycles. The van der Waals surface area contributed by atoms with E-state index >= 15 is 0 Å². The number of hydrogen-bond donors (Lipinski definition) is 1. The van der Waals surface area contributed by atoms with Gasteiger partial charge in [-0.15, -0.1) is 0 Å². The molecule has 7 nitrogen and oxygen atoms in total. The second kappa shape index (κ2) is 12.8. The van der Waals surface area contributed by atoms with Crippen LogP contribution in [-0.2, 0) is 9.53 Å². The number of nitrogens with one attached hydrogen (secondary N) is 1. The van der Waals surface area contributed by atoms with Crippen molar-refractivity contribution in [3.05, 3.63) is 47.7 Å². The maximum absolute atomic E-state index is 12.2. The van der Waals surface area contributed by atoms with Gasteiger partial charge in [-0.1, -0.05) is 6.07 Å². The first-order chi connectivity index (χ1) is 18.6. The van der Waals surface area contributed by atoms with Gasteiger partial charge in [0.2, 0.25) is 5.88 Å². The third kappa shape index (κ3) is 6.99. The summed E-state index contributed by atoms with van der Waals surface area (Å²) in [6.45, 7) is 4.38. The maximum atomic E-state index is 12.2. The molecule has 1 atom stereocenters. The Morgan fingerprint density at radius 1 is 0.974 bits per heavy atom. The number of benzene rings is 1. The van der Waals surface area contributed by atoms with Crippen LogP contribution in [0.15, 0.2) is 36.5 Å². The standard InChI is InChI=1S/C31H42N2O5/c1-3-36-31(34)20-28(21-4-5-21)23-14-17-33-30(18-23)38-25-8-6-24(7-9-25)37-29-19-26(35-2)10-11-27(29)22-12-15-32-16-13-22/h10-11,14,17-19,21-22,24-25,28,32H,3-9,12-13,15-16,20H2,1-2H3/t24-,25-,28?. The van der Waals surface area contributed by atoms with E-state index in [-0.39, 0.29) is 24.1 Å². The van der Waals surface area contributed by atoms with Gasteiger partial charge in [0.05, 0.1) is 26.2 Å². The number of ether oxygens (including phenoxy) is 4. The molecular formula is C31H42N2O5. The van der Waals surface area contributed by atoms with Gasteiger partial charge in [0.25, 0.3) is 0 Å². The number of nitrogens with zero attached hydrogens (tertiary/aromatic N) is 1. The molecule has 0 bridgehead atoms. The number of aromatic nitrogens is 1. The summed E-state index contributed by atoms with van der Waals surface area (Å²) in [5, 5.41) is 3.46. The highest BCUT2D eigenvalue weighted by Crippen LogP contribution is 2.45. The van der Waals surface area contributed by atoms with Crippen molar-refractivity contribution in [3.63, 3.8) is 0 Å². The van der Waals surface area contributed by atoms with Gasteiger partial charge in [0.1, 0.15) is 17.6 Å². The Hall–Kier alpha value is -2.80. The molecule has 5 rings (SSSR count). The molecule has 3 fully saturated rings. The summed E-state index contributed by atoms with van der Waals surface area (Å²) < 4.78 is 23.7. The normalized spacial score (nSPS) is 22.9. The summed E-state index contributed by atoms with van der Waals surface area (Å²) in [7, 11) is 1.71. The van der Waals surface area contributed by atoms with Crippen molar-refractivity contribution in [3.8, 4) is 17.4 Å². The average molecular weight is 523 g/mol. The van der Waals surface area contributed by atoms with E-state index in [1.807, 2.05) is 25.3 Å². The highest BCUT2D eigenvalue weighted by Gasteiger charge is 2.34. The van der Waals surface area contributed by atoms with Crippen LogP contribution in [-0.4, -0.2) is 50.0 Å². The van der Waals surface area contributed by atoms with Crippen molar-refractivity contribution >= 4 is 5.97 Å². The maximum Gasteiger partial charge on any atom is 0.306 e. The van der Waals surface area contributed by atoms with Crippen LogP contribution >= 0.6 is 0 Å². The number of methoxy groups -OCH3 is 1. The van der Waals surface area contributed by atoms with Crippen LogP contribution in [0.3, 0.4) is 0 Å². The van der Waals surface area contributed by atoms with E-state index in [2.05, 4.69) is 28.5 Å². The smallest absolute Gasteiger partial charge is 0.306 e. The van der Waals surface area contributed by atoms with Gasteiger partial charge in [0, 0.05) is 18.3 Å². The zero-order valence-corrected chi connectivity index (χ0v) is 22.8. The molecule has 2 saturated carbocycles. The van der Waals surface area contributed by atoms with Crippen molar-refractivity contribution in [2.75, 3.05) is 26.8 Å². The quantitative estimate of drug-likeness (QED) is 0.375. The first-order valence-corrected chi connectivity index (χ1v) is 14.5. The van der Waals surface area contributed by atoms with Gasteiger partial charge in [0.15, 0.2) is 0 Å². The first-order valence-electron chi connectivity index (χ1n) is 14.5. The Kier molecular flexibility index (Phi) is 9.05. The van der Waals surface area contributed by atoms with Crippen molar-refractivity contribution in [2.24, 2.45) is 5.92 Å². The summed E-state index contributed by atoms with van der Waals surface area (Å²) in [4.78, 5) is 16.7. The molecule has 0 radical (unpaired) electrons. The van der Waals surface area contributed by atoms with Gasteiger partial charge in [-0.3, -0.25) is 4.79 Å². The van der Waals surface area contributed by atoms with E-state index in [1.54, 1.807) is 7.11 Å². The van der Waals surface area contributed by atoms with Crippen LogP contribution in [0.2, 0.25) is 0 Å². The highest BCUT2D eigenvalue weighted by molar-refractivity contribution is 5.70. The second-order valence-corrected chi connectivity index (χ2v) is 10.9. The van der Waals surface area contributed by atoms with E-state index < -0.39 is 0 Å². The molecule has 38 heavy (non-hydrogen) atoms. The lowest BCUT2D eigenvalue weighted by atomic mass is 9.89. The minimum Gasteiger partial charge on any atom is -0.497 e. The Morgan fingerprint density at radius 2 is 1.71 bits per heavy atom. The van der Waals surface area contributed by atoms with Crippen molar-refractivity contribution in [2.45, 2.75) is 88.8 Å². The molecule has 1 saturated heterocycles. The average Bonchev–Trinajstić information content (AvgIpc) is 3.79. The number of rotatable bonds is 11. The third-order valence-corrected chi connectivity index (χ3v) is 8.27. The monoisotopic (exact) mass is 522 g/mol. The minimum absolute atomic E-state index is 0.122. The van der Waals surface area contributed by atoms with Crippen LogP contribution in [0.4, 0.5) is 0 Å². The summed E-state index contributed by atoms with van der Waals surface area (Å²) in [6.07, 6.45) is 10.9. The lowest BCUT2D eigenvalue weighted by molar-refractivity contribution is -0.143. The molecule has 2 heterocycles. The lowest BCUT2D eigenvalue weighted by Gasteiger charge is -2.31. The molecular weight excluding hydrogens is 480 g/mol. The molecule has 206 valence electrons. The number of carbonyl (C=O) groups is 1. The molecule has 0 amide bonds. The fourth-order valence-corrected chi connectivity index (χ4v) is 6.01. The van der Waals surface area contributed by atoms with E-state index in [4.69, 9.17) is 18.9 Å². The van der Waals surface area contributed by atoms with Crippen LogP contribution in [0.5, 0.6) is 17.4 Å². The number of piperidine rings is 1. The van der Waals surface area contributed by atoms with Crippen LogP contribution in [0.1, 0.15) is 87.7 Å². The highest BCUT2D eigenvalue weighted by atomic mass is 16.5. The van der Waals surface area contributed by atoms with Crippen molar-refractivity contribution < 1.29 is 23.7 Å². The Balaban J connectivity index is 1.18. The molecule has 1 aliphatic heterocycles. The van der Waals surface area contributed by atoms with Crippen LogP contribution in [0.25, 0.3) is 0 Å². The fourth-order valence-electron chi connectivity index (χ4n) is 6.01. The number of carbonyl (C=O) groups excluding carboxylic acids is 1.